The number of benzene rings is 1. The number of amides is 3. The number of nitrogens with one attached hydrogen (secondary N) is 1. The number of aliphatic hydroxyl groups is 1. The number of anilines is 1. The van der Waals surface area contributed by atoms with Gasteiger partial charge in [-0.15, -0.1) is 0 Å². The highest BCUT2D eigenvalue weighted by Crippen LogP contribution is 2.28. The lowest BCUT2D eigenvalue weighted by Gasteiger charge is -2.13. The molecule has 0 aliphatic carbocycles. The summed E-state index contributed by atoms with van der Waals surface area (Å²) < 4.78 is 4.84. The van der Waals surface area contributed by atoms with Gasteiger partial charge in [0.05, 0.1) is 18.7 Å². The third-order valence-corrected chi connectivity index (χ3v) is 3.16. The fraction of sp³-hybridized carbons (Fsp3) is 0.267. The van der Waals surface area contributed by atoms with Crippen LogP contribution in [0.2, 0.25) is 0 Å². The van der Waals surface area contributed by atoms with E-state index in [1.54, 1.807) is 24.3 Å². The van der Waals surface area contributed by atoms with Crippen molar-refractivity contribution in [1.82, 2.24) is 4.90 Å². The highest BCUT2D eigenvalue weighted by molar-refractivity contribution is 6.34. The lowest BCUT2D eigenvalue weighted by atomic mass is 10.1. The van der Waals surface area contributed by atoms with E-state index in [-0.39, 0.29) is 24.6 Å². The first-order chi connectivity index (χ1) is 10.5. The Balaban J connectivity index is 2.26. The van der Waals surface area contributed by atoms with E-state index in [9.17, 15) is 19.5 Å². The number of rotatable bonds is 5. The summed E-state index contributed by atoms with van der Waals surface area (Å²) in [7, 11) is 1.46. The van der Waals surface area contributed by atoms with E-state index in [1.165, 1.54) is 14.0 Å². The molecule has 116 valence electrons. The van der Waals surface area contributed by atoms with Crippen molar-refractivity contribution in [3.8, 4) is 0 Å². The van der Waals surface area contributed by atoms with Gasteiger partial charge in [0.15, 0.2) is 5.76 Å². The minimum Gasteiger partial charge on any atom is -0.502 e. The first-order valence-corrected chi connectivity index (χ1v) is 6.62. The number of hydrogen-bond donors (Lipinski definition) is 2. The van der Waals surface area contributed by atoms with Gasteiger partial charge in [0, 0.05) is 19.7 Å². The van der Waals surface area contributed by atoms with Crippen molar-refractivity contribution in [2.45, 2.75) is 6.92 Å². The number of methoxy groups -OCH3 is 1. The molecule has 0 radical (unpaired) electrons. The molecule has 1 aliphatic heterocycles. The van der Waals surface area contributed by atoms with Crippen LogP contribution in [-0.4, -0.2) is 48.0 Å². The standard InChI is InChI=1S/C15H16N2O5/c1-9(18)16-11-5-3-10(4-6-11)12-13(19)15(21)17(14(12)20)7-8-22-2/h3-6,19H,7-8H2,1-2H3,(H,16,18). The maximum Gasteiger partial charge on any atom is 0.296 e. The van der Waals surface area contributed by atoms with Crippen LogP contribution in [0, 0.1) is 0 Å². The summed E-state index contributed by atoms with van der Waals surface area (Å²) in [5.74, 6) is -2.09. The van der Waals surface area contributed by atoms with Crippen molar-refractivity contribution in [1.29, 1.82) is 0 Å². The Morgan fingerprint density at radius 1 is 1.23 bits per heavy atom. The summed E-state index contributed by atoms with van der Waals surface area (Å²) in [4.78, 5) is 36.1. The van der Waals surface area contributed by atoms with Gasteiger partial charge < -0.3 is 15.2 Å². The quantitative estimate of drug-likeness (QED) is 0.789. The third-order valence-electron chi connectivity index (χ3n) is 3.16. The van der Waals surface area contributed by atoms with Gasteiger partial charge in [-0.3, -0.25) is 19.3 Å². The molecular weight excluding hydrogens is 288 g/mol. The molecular formula is C15H16N2O5. The molecule has 22 heavy (non-hydrogen) atoms. The number of carbonyl (C=O) groups excluding carboxylic acids is 3. The normalized spacial score (nSPS) is 14.7. The largest absolute Gasteiger partial charge is 0.502 e. The molecule has 1 heterocycles. The number of aliphatic hydroxyl groups excluding tert-OH is 1. The van der Waals surface area contributed by atoms with Crippen molar-refractivity contribution in [3.63, 3.8) is 0 Å². The SMILES string of the molecule is COCCN1C(=O)C(O)=C(c2ccc(NC(C)=O)cc2)C1=O. The predicted molar refractivity (Wildman–Crippen MR) is 78.9 cm³/mol. The van der Waals surface area contributed by atoms with Gasteiger partial charge >= 0.3 is 0 Å². The number of carbonyl (C=O) groups is 3. The molecule has 0 bridgehead atoms. The second kappa shape index (κ2) is 6.40. The molecule has 0 unspecified atom stereocenters. The molecule has 3 amide bonds. The molecule has 0 atom stereocenters. The molecule has 0 fully saturated rings. The molecule has 2 rings (SSSR count). The molecule has 0 saturated carbocycles. The van der Waals surface area contributed by atoms with Crippen LogP contribution in [0.4, 0.5) is 5.69 Å². The molecule has 0 spiro atoms. The molecule has 1 aromatic carbocycles. The summed E-state index contributed by atoms with van der Waals surface area (Å²) in [6.07, 6.45) is 0. The fourth-order valence-electron chi connectivity index (χ4n) is 2.13. The van der Waals surface area contributed by atoms with Gasteiger partial charge in [0.25, 0.3) is 11.8 Å². The van der Waals surface area contributed by atoms with Gasteiger partial charge in [-0.05, 0) is 17.7 Å². The smallest absolute Gasteiger partial charge is 0.296 e. The van der Waals surface area contributed by atoms with E-state index in [4.69, 9.17) is 4.74 Å². The lowest BCUT2D eigenvalue weighted by Crippen LogP contribution is -2.34. The van der Waals surface area contributed by atoms with Gasteiger partial charge in [0.1, 0.15) is 0 Å². The van der Waals surface area contributed by atoms with Crippen LogP contribution in [0.15, 0.2) is 30.0 Å². The zero-order chi connectivity index (χ0) is 16.3. The van der Waals surface area contributed by atoms with Crippen molar-refractivity contribution >= 4 is 29.0 Å². The Bertz CT molecular complexity index is 648. The number of hydrogen-bond acceptors (Lipinski definition) is 5. The number of nitrogens with zero attached hydrogens (tertiary/aromatic N) is 1. The molecule has 1 aliphatic rings. The predicted octanol–water partition coefficient (Wildman–Crippen LogP) is 0.929. The van der Waals surface area contributed by atoms with Gasteiger partial charge in [-0.1, -0.05) is 12.1 Å². The Morgan fingerprint density at radius 3 is 2.41 bits per heavy atom. The maximum absolute atomic E-state index is 12.3. The zero-order valence-electron chi connectivity index (χ0n) is 12.3. The Kier molecular flexibility index (Phi) is 4.57. The molecule has 0 saturated heterocycles. The third kappa shape index (κ3) is 2.99. The van der Waals surface area contributed by atoms with E-state index >= 15 is 0 Å². The number of imide groups is 1. The lowest BCUT2D eigenvalue weighted by molar-refractivity contribution is -0.138. The van der Waals surface area contributed by atoms with Gasteiger partial charge in [-0.2, -0.15) is 0 Å². The molecule has 7 heteroatoms. The van der Waals surface area contributed by atoms with Crippen LogP contribution in [-0.2, 0) is 19.1 Å². The second-order valence-electron chi connectivity index (χ2n) is 4.74. The molecule has 2 N–H and O–H groups in total. The average Bonchev–Trinajstić information content (AvgIpc) is 2.68. The topological polar surface area (TPSA) is 95.9 Å². The highest BCUT2D eigenvalue weighted by atomic mass is 16.5. The van der Waals surface area contributed by atoms with Crippen molar-refractivity contribution in [2.75, 3.05) is 25.6 Å². The first-order valence-electron chi connectivity index (χ1n) is 6.62. The highest BCUT2D eigenvalue weighted by Gasteiger charge is 2.38. The van der Waals surface area contributed by atoms with E-state index in [1.807, 2.05) is 0 Å². The van der Waals surface area contributed by atoms with E-state index in [0.717, 1.165) is 4.90 Å². The Hall–Kier alpha value is -2.67. The summed E-state index contributed by atoms with van der Waals surface area (Å²) in [6.45, 7) is 1.65. The zero-order valence-corrected chi connectivity index (χ0v) is 12.3. The van der Waals surface area contributed by atoms with Crippen LogP contribution in [0.5, 0.6) is 0 Å². The molecule has 0 aromatic heterocycles. The second-order valence-corrected chi connectivity index (χ2v) is 4.74. The van der Waals surface area contributed by atoms with Crippen LogP contribution in [0.25, 0.3) is 5.57 Å². The summed E-state index contributed by atoms with van der Waals surface area (Å²) in [5, 5.41) is 12.5. The van der Waals surface area contributed by atoms with Crippen LogP contribution >= 0.6 is 0 Å². The van der Waals surface area contributed by atoms with Crippen LogP contribution < -0.4 is 5.32 Å². The van der Waals surface area contributed by atoms with Crippen LogP contribution in [0.1, 0.15) is 12.5 Å². The van der Waals surface area contributed by atoms with Crippen molar-refractivity contribution < 1.29 is 24.2 Å². The van der Waals surface area contributed by atoms with E-state index in [0.29, 0.717) is 11.3 Å². The molecule has 7 nitrogen and oxygen atoms in total. The summed E-state index contributed by atoms with van der Waals surface area (Å²) in [6, 6.07) is 6.29. The first kappa shape index (κ1) is 15.7. The van der Waals surface area contributed by atoms with Gasteiger partial charge in [0.2, 0.25) is 5.91 Å². The Labute approximate surface area is 127 Å². The number of ether oxygens (including phenoxy) is 1. The van der Waals surface area contributed by atoms with E-state index in [2.05, 4.69) is 5.32 Å². The fourth-order valence-corrected chi connectivity index (χ4v) is 2.13. The van der Waals surface area contributed by atoms with Crippen molar-refractivity contribution in [3.05, 3.63) is 35.6 Å². The van der Waals surface area contributed by atoms with Gasteiger partial charge in [-0.25, -0.2) is 0 Å². The average molecular weight is 304 g/mol. The van der Waals surface area contributed by atoms with Crippen LogP contribution in [0.3, 0.4) is 0 Å². The minimum atomic E-state index is -0.733. The summed E-state index contributed by atoms with van der Waals surface area (Å²) >= 11 is 0. The van der Waals surface area contributed by atoms with E-state index < -0.39 is 17.6 Å². The molecule has 1 aromatic rings. The minimum absolute atomic E-state index is 0.0459. The monoisotopic (exact) mass is 304 g/mol. The summed E-state index contributed by atoms with van der Waals surface area (Å²) in [5.41, 5.74) is 0.921. The Morgan fingerprint density at radius 2 is 1.86 bits per heavy atom. The maximum atomic E-state index is 12.3. The van der Waals surface area contributed by atoms with Crippen molar-refractivity contribution in [2.24, 2.45) is 0 Å².